The number of carboxylic acids is 1. The van der Waals surface area contributed by atoms with E-state index >= 15 is 0 Å². The molecular formula is C16H10Cl2F3N3O4S. The normalized spacial score (nSPS) is 11.1. The van der Waals surface area contributed by atoms with Crippen molar-refractivity contribution < 1.29 is 32.5 Å². The molecule has 2 aromatic heterocycles. The Labute approximate surface area is 175 Å². The summed E-state index contributed by atoms with van der Waals surface area (Å²) >= 11 is 13.1. The number of aryl methyl sites for hydroxylation is 1. The van der Waals surface area contributed by atoms with Gasteiger partial charge in [-0.1, -0.05) is 23.2 Å². The Morgan fingerprint density at radius 2 is 2.10 bits per heavy atom. The van der Waals surface area contributed by atoms with Crippen molar-refractivity contribution in [2.75, 3.05) is 0 Å². The number of aromatic carboxylic acids is 1. The topological polar surface area (TPSA) is 86.5 Å². The fourth-order valence-corrected chi connectivity index (χ4v) is 3.49. The Kier molecular flexibility index (Phi) is 6.20. The van der Waals surface area contributed by atoms with Crippen LogP contribution in [0.2, 0.25) is 10.0 Å². The number of nitrogens with zero attached hydrogens (tertiary/aromatic N) is 3. The van der Waals surface area contributed by atoms with E-state index in [0.717, 1.165) is 22.1 Å². The average molecular weight is 468 g/mol. The SMILES string of the molecule is Cn1nc(-c2cc(OCc3nc(C(=O)O)cs3)c(Cl)cc2F)c(Cl)c1OC(F)F. The second-order valence-corrected chi connectivity index (χ2v) is 7.18. The number of alkyl halides is 2. The van der Waals surface area contributed by atoms with Gasteiger partial charge in [-0.2, -0.15) is 13.9 Å². The van der Waals surface area contributed by atoms with E-state index in [0.29, 0.717) is 5.01 Å². The van der Waals surface area contributed by atoms with E-state index in [1.165, 1.54) is 18.5 Å². The lowest BCUT2D eigenvalue weighted by atomic mass is 10.1. The van der Waals surface area contributed by atoms with Crippen molar-refractivity contribution in [1.29, 1.82) is 0 Å². The molecule has 0 unspecified atom stereocenters. The van der Waals surface area contributed by atoms with Crippen LogP contribution in [-0.2, 0) is 13.7 Å². The van der Waals surface area contributed by atoms with Gasteiger partial charge in [0.25, 0.3) is 0 Å². The number of halogens is 5. The van der Waals surface area contributed by atoms with Gasteiger partial charge < -0.3 is 14.6 Å². The van der Waals surface area contributed by atoms with Gasteiger partial charge in [0.2, 0.25) is 5.88 Å². The lowest BCUT2D eigenvalue weighted by Crippen LogP contribution is -2.06. The number of hydrogen-bond donors (Lipinski definition) is 1. The maximum absolute atomic E-state index is 14.4. The lowest BCUT2D eigenvalue weighted by Gasteiger charge is -2.09. The first-order valence-electron chi connectivity index (χ1n) is 7.64. The molecule has 0 bridgehead atoms. The molecule has 0 spiro atoms. The third-order valence-electron chi connectivity index (χ3n) is 3.54. The van der Waals surface area contributed by atoms with Gasteiger partial charge in [0, 0.05) is 18.0 Å². The molecule has 0 radical (unpaired) electrons. The van der Waals surface area contributed by atoms with Crippen molar-refractivity contribution in [2.24, 2.45) is 7.05 Å². The average Bonchev–Trinajstić information content (AvgIpc) is 3.21. The van der Waals surface area contributed by atoms with Crippen LogP contribution < -0.4 is 9.47 Å². The molecule has 0 aliphatic carbocycles. The Hall–Kier alpha value is -2.50. The van der Waals surface area contributed by atoms with Gasteiger partial charge in [0.05, 0.1) is 5.02 Å². The van der Waals surface area contributed by atoms with Gasteiger partial charge in [-0.05, 0) is 12.1 Å². The van der Waals surface area contributed by atoms with Crippen LogP contribution >= 0.6 is 34.5 Å². The fourth-order valence-electron chi connectivity index (χ4n) is 2.30. The summed E-state index contributed by atoms with van der Waals surface area (Å²) in [7, 11) is 1.31. The van der Waals surface area contributed by atoms with Crippen LogP contribution in [0.5, 0.6) is 11.6 Å². The van der Waals surface area contributed by atoms with Gasteiger partial charge >= 0.3 is 12.6 Å². The summed E-state index contributed by atoms with van der Waals surface area (Å²) in [6.45, 7) is -3.27. The number of thiazole rings is 1. The first kappa shape index (κ1) is 21.2. The molecule has 0 saturated heterocycles. The zero-order chi connectivity index (χ0) is 21.3. The van der Waals surface area contributed by atoms with Gasteiger partial charge in [-0.15, -0.1) is 11.3 Å². The van der Waals surface area contributed by atoms with E-state index in [1.54, 1.807) is 0 Å². The van der Waals surface area contributed by atoms with Crippen LogP contribution in [0.25, 0.3) is 11.3 Å². The summed E-state index contributed by atoms with van der Waals surface area (Å²) in [5, 5.41) is 14.1. The molecule has 1 aromatic carbocycles. The number of rotatable bonds is 7. The van der Waals surface area contributed by atoms with Gasteiger partial charge in [-0.3, -0.25) is 0 Å². The number of hydrogen-bond acceptors (Lipinski definition) is 6. The highest BCUT2D eigenvalue weighted by atomic mass is 35.5. The third-order valence-corrected chi connectivity index (χ3v) is 5.00. The molecule has 3 rings (SSSR count). The molecule has 154 valence electrons. The Morgan fingerprint density at radius 3 is 2.72 bits per heavy atom. The molecule has 29 heavy (non-hydrogen) atoms. The molecule has 1 N–H and O–H groups in total. The minimum Gasteiger partial charge on any atom is -0.485 e. The van der Waals surface area contributed by atoms with Crippen LogP contribution in [-0.4, -0.2) is 32.5 Å². The molecule has 13 heteroatoms. The molecular weight excluding hydrogens is 458 g/mol. The Bertz CT molecular complexity index is 1070. The summed E-state index contributed by atoms with van der Waals surface area (Å²) in [4.78, 5) is 14.7. The molecule has 3 aromatic rings. The first-order chi connectivity index (χ1) is 13.7. The largest absolute Gasteiger partial charge is 0.485 e. The first-order valence-corrected chi connectivity index (χ1v) is 9.28. The van der Waals surface area contributed by atoms with Crippen molar-refractivity contribution >= 4 is 40.5 Å². The van der Waals surface area contributed by atoms with Crippen LogP contribution in [0.3, 0.4) is 0 Å². The second-order valence-electron chi connectivity index (χ2n) is 5.45. The molecule has 0 aliphatic heterocycles. The van der Waals surface area contributed by atoms with E-state index in [1.807, 2.05) is 0 Å². The van der Waals surface area contributed by atoms with Crippen LogP contribution in [0, 0.1) is 5.82 Å². The van der Waals surface area contributed by atoms with Crippen molar-refractivity contribution in [2.45, 2.75) is 13.2 Å². The minimum atomic E-state index is -3.14. The number of ether oxygens (including phenoxy) is 2. The number of carboxylic acid groups (broad SMARTS) is 1. The van der Waals surface area contributed by atoms with Crippen molar-refractivity contribution in [1.82, 2.24) is 14.8 Å². The monoisotopic (exact) mass is 467 g/mol. The molecule has 0 saturated carbocycles. The number of carbonyl (C=O) groups is 1. The quantitative estimate of drug-likeness (QED) is 0.533. The van der Waals surface area contributed by atoms with Gasteiger partial charge in [0.1, 0.15) is 33.9 Å². The van der Waals surface area contributed by atoms with Crippen molar-refractivity contribution in [3.8, 4) is 22.9 Å². The lowest BCUT2D eigenvalue weighted by molar-refractivity contribution is -0.0552. The highest BCUT2D eigenvalue weighted by Gasteiger charge is 2.23. The molecule has 0 amide bonds. The zero-order valence-electron chi connectivity index (χ0n) is 14.3. The summed E-state index contributed by atoms with van der Waals surface area (Å²) < 4.78 is 50.2. The number of aromatic nitrogens is 3. The third kappa shape index (κ3) is 4.57. The fraction of sp³-hybridized carbons (Fsp3) is 0.188. The smallest absolute Gasteiger partial charge is 0.388 e. The van der Waals surface area contributed by atoms with E-state index in [-0.39, 0.29) is 39.4 Å². The van der Waals surface area contributed by atoms with E-state index in [4.69, 9.17) is 33.0 Å². The Balaban J connectivity index is 1.90. The van der Waals surface area contributed by atoms with Crippen LogP contribution in [0.15, 0.2) is 17.5 Å². The summed E-state index contributed by atoms with van der Waals surface area (Å²) in [6, 6.07) is 2.15. The summed E-state index contributed by atoms with van der Waals surface area (Å²) in [5.41, 5.74) is -0.433. The maximum Gasteiger partial charge on any atom is 0.388 e. The van der Waals surface area contributed by atoms with Crippen molar-refractivity contribution in [3.05, 3.63) is 44.1 Å². The number of benzene rings is 1. The molecule has 0 aliphatic rings. The van der Waals surface area contributed by atoms with E-state index in [9.17, 15) is 18.0 Å². The predicted molar refractivity (Wildman–Crippen MR) is 98.7 cm³/mol. The summed E-state index contributed by atoms with van der Waals surface area (Å²) in [5.74, 6) is -2.39. The van der Waals surface area contributed by atoms with E-state index < -0.39 is 24.3 Å². The molecule has 2 heterocycles. The molecule has 0 atom stereocenters. The highest BCUT2D eigenvalue weighted by Crippen LogP contribution is 2.40. The molecule has 0 fully saturated rings. The standard InChI is InChI=1S/C16H10Cl2F3N3O4S/c1-24-14(28-16(20)21)12(18)13(23-24)6-2-10(7(17)3-8(6)19)27-4-11-22-9(5-29-11)15(25)26/h2-3,5,16H,4H2,1H3,(H,25,26). The predicted octanol–water partition coefficient (Wildman–Crippen LogP) is 4.87. The zero-order valence-corrected chi connectivity index (χ0v) is 16.7. The molecule has 7 nitrogen and oxygen atoms in total. The van der Waals surface area contributed by atoms with Crippen LogP contribution in [0.1, 0.15) is 15.5 Å². The van der Waals surface area contributed by atoms with E-state index in [2.05, 4.69) is 14.8 Å². The maximum atomic E-state index is 14.4. The Morgan fingerprint density at radius 1 is 1.38 bits per heavy atom. The van der Waals surface area contributed by atoms with Crippen molar-refractivity contribution in [3.63, 3.8) is 0 Å². The van der Waals surface area contributed by atoms with Gasteiger partial charge in [0.15, 0.2) is 5.69 Å². The highest BCUT2D eigenvalue weighted by molar-refractivity contribution is 7.09. The van der Waals surface area contributed by atoms with Gasteiger partial charge in [-0.25, -0.2) is 18.9 Å². The summed E-state index contributed by atoms with van der Waals surface area (Å²) in [6.07, 6.45) is 0. The van der Waals surface area contributed by atoms with Crippen LogP contribution in [0.4, 0.5) is 13.2 Å². The second kappa shape index (κ2) is 8.47. The minimum absolute atomic E-state index is 0.0354.